The van der Waals surface area contributed by atoms with Crippen LogP contribution in [-0.2, 0) is 11.0 Å². The van der Waals surface area contributed by atoms with Crippen molar-refractivity contribution in [2.24, 2.45) is 5.92 Å². The monoisotopic (exact) mass is 370 g/mol. The van der Waals surface area contributed by atoms with E-state index in [2.05, 4.69) is 10.6 Å². The van der Waals surface area contributed by atoms with Gasteiger partial charge in [0.15, 0.2) is 0 Å². The van der Waals surface area contributed by atoms with Gasteiger partial charge in [-0.25, -0.2) is 0 Å². The maximum atomic E-state index is 12.7. The van der Waals surface area contributed by atoms with Crippen molar-refractivity contribution < 1.29 is 18.0 Å². The topological polar surface area (TPSA) is 41.1 Å². The van der Waals surface area contributed by atoms with Crippen molar-refractivity contribution in [3.05, 3.63) is 59.1 Å². The molecule has 0 unspecified atom stereocenters. The summed E-state index contributed by atoms with van der Waals surface area (Å²) in [6, 6.07) is 11.3. The first-order valence-electron chi connectivity index (χ1n) is 7.67. The van der Waals surface area contributed by atoms with Crippen molar-refractivity contribution in [2.75, 3.05) is 10.6 Å². The molecule has 0 aromatic heterocycles. The van der Waals surface area contributed by atoms with E-state index in [-0.39, 0.29) is 22.5 Å². The number of halogens is 4. The smallest absolute Gasteiger partial charge is 0.372 e. The quantitative estimate of drug-likeness (QED) is 0.736. The molecule has 1 atom stereocenters. The van der Waals surface area contributed by atoms with Gasteiger partial charge in [0.25, 0.3) is 0 Å². The Balaban J connectivity index is 2.18. The number of amides is 1. The van der Waals surface area contributed by atoms with Crippen LogP contribution >= 0.6 is 11.6 Å². The Bertz CT molecular complexity index is 733. The molecular formula is C18H18ClF3N2O. The first-order chi connectivity index (χ1) is 11.7. The summed E-state index contributed by atoms with van der Waals surface area (Å²) in [5, 5.41) is 5.62. The summed E-state index contributed by atoms with van der Waals surface area (Å²) < 4.78 is 38.2. The van der Waals surface area contributed by atoms with E-state index in [9.17, 15) is 18.0 Å². The highest BCUT2D eigenvalue weighted by Gasteiger charge is 2.31. The average molecular weight is 371 g/mol. The molecule has 0 aliphatic carbocycles. The van der Waals surface area contributed by atoms with E-state index >= 15 is 0 Å². The van der Waals surface area contributed by atoms with Crippen LogP contribution in [0.15, 0.2) is 48.5 Å². The fourth-order valence-corrected chi connectivity index (χ4v) is 2.49. The molecule has 1 amide bonds. The summed E-state index contributed by atoms with van der Waals surface area (Å²) in [4.78, 5) is 12.5. The number of rotatable bonds is 5. The average Bonchev–Trinajstić information content (AvgIpc) is 2.53. The fourth-order valence-electron chi connectivity index (χ4n) is 2.25. The Kier molecular flexibility index (Phi) is 5.95. The Labute approximate surface area is 149 Å². The molecule has 0 aliphatic heterocycles. The van der Waals surface area contributed by atoms with Crippen LogP contribution in [-0.4, -0.2) is 11.9 Å². The number of carbonyl (C=O) groups excluding carboxylic acids is 1. The summed E-state index contributed by atoms with van der Waals surface area (Å²) in [7, 11) is 0. The molecular weight excluding hydrogens is 353 g/mol. The van der Waals surface area contributed by atoms with Crippen LogP contribution in [0.2, 0.25) is 5.02 Å². The third-order valence-corrected chi connectivity index (χ3v) is 3.91. The highest BCUT2D eigenvalue weighted by Crippen LogP contribution is 2.34. The lowest BCUT2D eigenvalue weighted by molar-refractivity contribution is -0.137. The molecule has 134 valence electrons. The van der Waals surface area contributed by atoms with Gasteiger partial charge in [-0.05, 0) is 36.2 Å². The summed E-state index contributed by atoms with van der Waals surface area (Å²) in [6.07, 6.45) is -4.47. The molecule has 0 bridgehead atoms. The van der Waals surface area contributed by atoms with E-state index in [1.54, 1.807) is 24.3 Å². The lowest BCUT2D eigenvalue weighted by Crippen LogP contribution is -2.39. The van der Waals surface area contributed by atoms with Gasteiger partial charge < -0.3 is 10.6 Å². The fraction of sp³-hybridized carbons (Fsp3) is 0.278. The molecule has 2 aromatic carbocycles. The van der Waals surface area contributed by atoms with Crippen LogP contribution in [0, 0.1) is 5.92 Å². The highest BCUT2D eigenvalue weighted by atomic mass is 35.5. The SMILES string of the molecule is CC(C)[C@H](Nc1ccc(C(F)(F)F)cc1Cl)C(=O)Nc1ccccc1. The second kappa shape index (κ2) is 7.78. The van der Waals surface area contributed by atoms with Crippen molar-refractivity contribution >= 4 is 28.9 Å². The lowest BCUT2D eigenvalue weighted by atomic mass is 10.0. The number of nitrogens with one attached hydrogen (secondary N) is 2. The summed E-state index contributed by atoms with van der Waals surface area (Å²) in [6.45, 7) is 3.67. The molecule has 0 spiro atoms. The molecule has 25 heavy (non-hydrogen) atoms. The zero-order chi connectivity index (χ0) is 18.6. The standard InChI is InChI=1S/C18H18ClF3N2O/c1-11(2)16(17(25)23-13-6-4-3-5-7-13)24-15-9-8-12(10-14(15)19)18(20,21)22/h3-11,16,24H,1-2H3,(H,23,25)/t16-/m0/s1. The predicted octanol–water partition coefficient (Wildman–Crippen LogP) is 5.43. The minimum atomic E-state index is -4.47. The van der Waals surface area contributed by atoms with E-state index < -0.39 is 17.8 Å². The van der Waals surface area contributed by atoms with Gasteiger partial charge in [0.1, 0.15) is 6.04 Å². The molecule has 0 saturated heterocycles. The highest BCUT2D eigenvalue weighted by molar-refractivity contribution is 6.33. The molecule has 0 heterocycles. The normalized spacial score (nSPS) is 12.8. The number of para-hydroxylation sites is 1. The van der Waals surface area contributed by atoms with E-state index in [1.165, 1.54) is 6.07 Å². The molecule has 0 aliphatic rings. The van der Waals surface area contributed by atoms with Crippen molar-refractivity contribution in [3.8, 4) is 0 Å². The maximum absolute atomic E-state index is 12.7. The van der Waals surface area contributed by atoms with Gasteiger partial charge in [0.05, 0.1) is 16.3 Å². The number of carbonyl (C=O) groups is 1. The first-order valence-corrected chi connectivity index (χ1v) is 8.05. The molecule has 0 radical (unpaired) electrons. The predicted molar refractivity (Wildman–Crippen MR) is 93.8 cm³/mol. The number of benzene rings is 2. The third kappa shape index (κ3) is 5.13. The van der Waals surface area contributed by atoms with Gasteiger partial charge in [0, 0.05) is 5.69 Å². The number of hydrogen-bond donors (Lipinski definition) is 2. The maximum Gasteiger partial charge on any atom is 0.416 e. The van der Waals surface area contributed by atoms with Crippen molar-refractivity contribution in [1.29, 1.82) is 0 Å². The van der Waals surface area contributed by atoms with Gasteiger partial charge in [-0.1, -0.05) is 43.6 Å². The van der Waals surface area contributed by atoms with Gasteiger partial charge >= 0.3 is 6.18 Å². The molecule has 7 heteroatoms. The molecule has 0 saturated carbocycles. The van der Waals surface area contributed by atoms with Gasteiger partial charge in [-0.2, -0.15) is 13.2 Å². The van der Waals surface area contributed by atoms with Crippen LogP contribution in [0.4, 0.5) is 24.5 Å². The minimum absolute atomic E-state index is 0.0898. The number of alkyl halides is 3. The van der Waals surface area contributed by atoms with E-state index in [0.717, 1.165) is 12.1 Å². The Morgan fingerprint density at radius 1 is 1.08 bits per heavy atom. The van der Waals surface area contributed by atoms with Crippen LogP contribution < -0.4 is 10.6 Å². The number of hydrogen-bond acceptors (Lipinski definition) is 2. The van der Waals surface area contributed by atoms with Crippen molar-refractivity contribution in [3.63, 3.8) is 0 Å². The van der Waals surface area contributed by atoms with Crippen LogP contribution in [0.3, 0.4) is 0 Å². The summed E-state index contributed by atoms with van der Waals surface area (Å²) in [5.41, 5.74) is 0.0768. The van der Waals surface area contributed by atoms with Crippen molar-refractivity contribution in [2.45, 2.75) is 26.1 Å². The lowest BCUT2D eigenvalue weighted by Gasteiger charge is -2.23. The zero-order valence-electron chi connectivity index (χ0n) is 13.7. The van der Waals surface area contributed by atoms with E-state index in [1.807, 2.05) is 19.9 Å². The van der Waals surface area contributed by atoms with Crippen LogP contribution in [0.25, 0.3) is 0 Å². The summed E-state index contributed by atoms with van der Waals surface area (Å²) >= 11 is 5.95. The van der Waals surface area contributed by atoms with Gasteiger partial charge in [-0.3, -0.25) is 4.79 Å². The second-order valence-corrected chi connectivity index (χ2v) is 6.32. The second-order valence-electron chi connectivity index (χ2n) is 5.91. The molecule has 2 rings (SSSR count). The van der Waals surface area contributed by atoms with Crippen LogP contribution in [0.5, 0.6) is 0 Å². The molecule has 3 nitrogen and oxygen atoms in total. The first kappa shape index (κ1) is 19.1. The number of anilines is 2. The Hall–Kier alpha value is -2.21. The summed E-state index contributed by atoms with van der Waals surface area (Å²) in [5.74, 6) is -0.403. The third-order valence-electron chi connectivity index (χ3n) is 3.60. The molecule has 2 aromatic rings. The zero-order valence-corrected chi connectivity index (χ0v) is 14.4. The molecule has 2 N–H and O–H groups in total. The Morgan fingerprint density at radius 3 is 2.24 bits per heavy atom. The van der Waals surface area contributed by atoms with E-state index in [4.69, 9.17) is 11.6 Å². The van der Waals surface area contributed by atoms with Crippen LogP contribution in [0.1, 0.15) is 19.4 Å². The Morgan fingerprint density at radius 2 is 1.72 bits per heavy atom. The van der Waals surface area contributed by atoms with Gasteiger partial charge in [0.2, 0.25) is 5.91 Å². The van der Waals surface area contributed by atoms with Gasteiger partial charge in [-0.15, -0.1) is 0 Å². The minimum Gasteiger partial charge on any atom is -0.372 e. The largest absolute Gasteiger partial charge is 0.416 e. The van der Waals surface area contributed by atoms with Crippen molar-refractivity contribution in [1.82, 2.24) is 0 Å². The van der Waals surface area contributed by atoms with E-state index in [0.29, 0.717) is 5.69 Å². The molecule has 0 fully saturated rings.